The van der Waals surface area contributed by atoms with E-state index in [2.05, 4.69) is 9.97 Å². The summed E-state index contributed by atoms with van der Waals surface area (Å²) in [6, 6.07) is 13.1. The Kier molecular flexibility index (Phi) is 4.30. The number of nitrogens with one attached hydrogen (secondary N) is 1. The lowest BCUT2D eigenvalue weighted by atomic mass is 10.2. The number of fused-ring (bicyclic) bond motifs is 1. The van der Waals surface area contributed by atoms with E-state index in [1.54, 1.807) is 18.3 Å². The van der Waals surface area contributed by atoms with Gasteiger partial charge in [0.1, 0.15) is 17.0 Å². The first-order valence-electron chi connectivity index (χ1n) is 6.03. The number of carbonyl (C=O) groups is 1. The van der Waals surface area contributed by atoms with E-state index in [-0.39, 0.29) is 11.4 Å². The summed E-state index contributed by atoms with van der Waals surface area (Å²) in [4.78, 5) is 26.8. The van der Waals surface area contributed by atoms with Crippen molar-refractivity contribution in [2.75, 3.05) is 0 Å². The molecule has 1 aromatic carbocycles. The van der Waals surface area contributed by atoms with Crippen molar-refractivity contribution < 1.29 is 15.0 Å². The summed E-state index contributed by atoms with van der Waals surface area (Å²) < 4.78 is 0. The predicted octanol–water partition coefficient (Wildman–Crippen LogP) is 2.01. The number of phenolic OH excluding ortho intramolecular Hbond substituents is 1. The zero-order valence-electron chi connectivity index (χ0n) is 10.9. The number of pyridine rings is 2. The quantitative estimate of drug-likeness (QED) is 0.634. The van der Waals surface area contributed by atoms with Crippen LogP contribution in [-0.4, -0.2) is 26.2 Å². The molecule has 0 radical (unpaired) electrons. The van der Waals surface area contributed by atoms with Gasteiger partial charge in [0, 0.05) is 17.6 Å². The second kappa shape index (κ2) is 6.33. The molecule has 2 heterocycles. The Morgan fingerprint density at radius 1 is 1.05 bits per heavy atom. The van der Waals surface area contributed by atoms with Crippen LogP contribution in [0.5, 0.6) is 5.75 Å². The third kappa shape index (κ3) is 3.66. The summed E-state index contributed by atoms with van der Waals surface area (Å²) in [7, 11) is 0. The fourth-order valence-corrected chi connectivity index (χ4v) is 1.66. The average molecular weight is 284 g/mol. The largest absolute Gasteiger partial charge is 0.506 e. The Labute approximate surface area is 119 Å². The fourth-order valence-electron chi connectivity index (χ4n) is 1.66. The normalized spacial score (nSPS) is 9.71. The van der Waals surface area contributed by atoms with Crippen LogP contribution in [0.25, 0.3) is 10.9 Å². The van der Waals surface area contributed by atoms with Gasteiger partial charge in [-0.2, -0.15) is 0 Å². The van der Waals surface area contributed by atoms with Gasteiger partial charge in [0.15, 0.2) is 0 Å². The minimum atomic E-state index is -1.13. The Morgan fingerprint density at radius 3 is 2.38 bits per heavy atom. The highest BCUT2D eigenvalue weighted by Crippen LogP contribution is 2.20. The van der Waals surface area contributed by atoms with Crippen molar-refractivity contribution in [2.24, 2.45) is 0 Å². The molecule has 0 atom stereocenters. The summed E-state index contributed by atoms with van der Waals surface area (Å²) in [6.07, 6.45) is 1.67. The number of hydrogen-bond donors (Lipinski definition) is 3. The Hall–Kier alpha value is -3.15. The highest BCUT2D eigenvalue weighted by atomic mass is 16.4. The van der Waals surface area contributed by atoms with Crippen LogP contribution in [0.1, 0.15) is 10.5 Å². The molecule has 6 heteroatoms. The van der Waals surface area contributed by atoms with E-state index in [1.165, 1.54) is 18.2 Å². The lowest BCUT2D eigenvalue weighted by molar-refractivity contribution is 0.0690. The van der Waals surface area contributed by atoms with Gasteiger partial charge >= 0.3 is 5.97 Å². The number of H-pyrrole nitrogens is 1. The molecule has 0 aliphatic carbocycles. The summed E-state index contributed by atoms with van der Waals surface area (Å²) in [5.74, 6) is -0.888. The number of para-hydroxylation sites is 1. The van der Waals surface area contributed by atoms with E-state index in [9.17, 15) is 14.7 Å². The monoisotopic (exact) mass is 284 g/mol. The van der Waals surface area contributed by atoms with Crippen molar-refractivity contribution in [3.63, 3.8) is 0 Å². The van der Waals surface area contributed by atoms with E-state index in [0.29, 0.717) is 5.52 Å². The molecule has 0 saturated heterocycles. The van der Waals surface area contributed by atoms with Crippen molar-refractivity contribution in [1.29, 1.82) is 0 Å². The van der Waals surface area contributed by atoms with Crippen LogP contribution in [0.2, 0.25) is 0 Å². The third-order valence-corrected chi connectivity index (χ3v) is 2.61. The number of aromatic carboxylic acids is 1. The molecular weight excluding hydrogens is 272 g/mol. The molecule has 3 N–H and O–H groups in total. The lowest BCUT2D eigenvalue weighted by Crippen LogP contribution is -2.10. The average Bonchev–Trinajstić information content (AvgIpc) is 2.48. The van der Waals surface area contributed by atoms with Crippen LogP contribution in [0.3, 0.4) is 0 Å². The molecule has 6 nitrogen and oxygen atoms in total. The minimum Gasteiger partial charge on any atom is -0.506 e. The number of carboxylic acid groups (broad SMARTS) is 1. The van der Waals surface area contributed by atoms with Gasteiger partial charge in [0.05, 0.1) is 0 Å². The number of benzene rings is 1. The molecule has 3 aromatic rings. The zero-order chi connectivity index (χ0) is 15.2. The Balaban J connectivity index is 0.000000155. The smallest absolute Gasteiger partial charge is 0.352 e. The predicted molar refractivity (Wildman–Crippen MR) is 77.4 cm³/mol. The van der Waals surface area contributed by atoms with Crippen molar-refractivity contribution >= 4 is 16.9 Å². The summed E-state index contributed by atoms with van der Waals surface area (Å²) in [5.41, 5.74) is 0.169. The molecular formula is C15H12N2O4. The maximum Gasteiger partial charge on any atom is 0.352 e. The van der Waals surface area contributed by atoms with Crippen molar-refractivity contribution in [3.05, 3.63) is 70.8 Å². The van der Waals surface area contributed by atoms with Gasteiger partial charge in [-0.15, -0.1) is 0 Å². The molecule has 0 bridgehead atoms. The highest BCUT2D eigenvalue weighted by Gasteiger charge is 1.99. The molecule has 0 aliphatic heterocycles. The van der Waals surface area contributed by atoms with Crippen molar-refractivity contribution in [1.82, 2.24) is 9.97 Å². The molecule has 3 rings (SSSR count). The lowest BCUT2D eigenvalue weighted by Gasteiger charge is -1.96. The summed E-state index contributed by atoms with van der Waals surface area (Å²) >= 11 is 0. The van der Waals surface area contributed by atoms with E-state index >= 15 is 0 Å². The second-order valence-corrected chi connectivity index (χ2v) is 4.09. The first kappa shape index (κ1) is 14.3. The number of aromatic hydroxyl groups is 1. The van der Waals surface area contributed by atoms with Crippen molar-refractivity contribution in [2.45, 2.75) is 0 Å². The Bertz CT molecular complexity index is 822. The van der Waals surface area contributed by atoms with Gasteiger partial charge in [-0.1, -0.05) is 24.3 Å². The van der Waals surface area contributed by atoms with Crippen molar-refractivity contribution in [3.8, 4) is 5.75 Å². The molecule has 0 fully saturated rings. The second-order valence-electron chi connectivity index (χ2n) is 4.09. The van der Waals surface area contributed by atoms with Crippen LogP contribution >= 0.6 is 0 Å². The molecule has 106 valence electrons. The van der Waals surface area contributed by atoms with E-state index in [0.717, 1.165) is 5.39 Å². The van der Waals surface area contributed by atoms with Gasteiger partial charge < -0.3 is 15.2 Å². The van der Waals surface area contributed by atoms with Gasteiger partial charge in [-0.3, -0.25) is 9.78 Å². The standard InChI is InChI=1S/C9H7NO.C6H5NO3/c11-8-5-1-3-7-4-2-6-10-9(7)8;8-5-3-1-2-4(7-5)6(9)10/h1-6,11H;1-3H,(H,7,8)(H,9,10). The summed E-state index contributed by atoms with van der Waals surface area (Å²) in [6.45, 7) is 0. The van der Waals surface area contributed by atoms with Crippen LogP contribution in [0, 0.1) is 0 Å². The van der Waals surface area contributed by atoms with E-state index < -0.39 is 11.5 Å². The van der Waals surface area contributed by atoms with Crippen LogP contribution in [0.15, 0.2) is 59.5 Å². The number of hydrogen-bond acceptors (Lipinski definition) is 4. The minimum absolute atomic E-state index is 0.0903. The van der Waals surface area contributed by atoms with Gasteiger partial charge in [0.25, 0.3) is 0 Å². The molecule has 0 amide bonds. The topological polar surface area (TPSA) is 103 Å². The van der Waals surface area contributed by atoms with Crippen LogP contribution in [0.4, 0.5) is 0 Å². The number of rotatable bonds is 1. The number of phenols is 1. The summed E-state index contributed by atoms with van der Waals surface area (Å²) in [5, 5.41) is 18.6. The zero-order valence-corrected chi connectivity index (χ0v) is 10.9. The molecule has 0 saturated carbocycles. The Morgan fingerprint density at radius 2 is 1.76 bits per heavy atom. The molecule has 0 unspecified atom stereocenters. The number of carboxylic acids is 1. The maximum absolute atomic E-state index is 10.5. The SMILES string of the molecule is O=C(O)c1cccc(=O)[nH]1.Oc1cccc2cccnc12. The van der Waals surface area contributed by atoms with Gasteiger partial charge in [-0.25, -0.2) is 4.79 Å². The van der Waals surface area contributed by atoms with Crippen LogP contribution < -0.4 is 5.56 Å². The fraction of sp³-hybridized carbons (Fsp3) is 0. The van der Waals surface area contributed by atoms with Gasteiger partial charge in [0.2, 0.25) is 5.56 Å². The molecule has 0 spiro atoms. The first-order valence-corrected chi connectivity index (χ1v) is 6.03. The van der Waals surface area contributed by atoms with E-state index in [1.807, 2.05) is 18.2 Å². The number of nitrogens with zero attached hydrogens (tertiary/aromatic N) is 1. The van der Waals surface area contributed by atoms with Gasteiger partial charge in [-0.05, 0) is 18.2 Å². The molecule has 21 heavy (non-hydrogen) atoms. The maximum atomic E-state index is 10.5. The highest BCUT2D eigenvalue weighted by molar-refractivity contribution is 5.85. The number of aromatic nitrogens is 2. The molecule has 0 aliphatic rings. The van der Waals surface area contributed by atoms with Crippen LogP contribution in [-0.2, 0) is 0 Å². The molecule has 2 aromatic heterocycles. The van der Waals surface area contributed by atoms with E-state index in [4.69, 9.17) is 5.11 Å². The third-order valence-electron chi connectivity index (χ3n) is 2.61. The first-order chi connectivity index (χ1) is 10.1. The number of aromatic amines is 1.